The van der Waals surface area contributed by atoms with Crippen molar-refractivity contribution in [3.05, 3.63) is 66.0 Å². The summed E-state index contributed by atoms with van der Waals surface area (Å²) in [5.41, 5.74) is 4.19. The molecule has 4 rings (SSSR count). The Kier molecular flexibility index (Phi) is 4.58. The third-order valence-corrected chi connectivity index (χ3v) is 4.84. The maximum atomic E-state index is 5.57. The zero-order valence-corrected chi connectivity index (χ0v) is 15.4. The average molecular weight is 362 g/mol. The lowest BCUT2D eigenvalue weighted by Crippen LogP contribution is -2.03. The Morgan fingerprint density at radius 3 is 2.50 bits per heavy atom. The predicted octanol–water partition coefficient (Wildman–Crippen LogP) is 4.93. The van der Waals surface area contributed by atoms with Gasteiger partial charge in [-0.1, -0.05) is 47.6 Å². The van der Waals surface area contributed by atoms with Gasteiger partial charge in [0.15, 0.2) is 5.82 Å². The topological polar surface area (TPSA) is 63.8 Å². The van der Waals surface area contributed by atoms with E-state index in [2.05, 4.69) is 51.0 Å². The summed E-state index contributed by atoms with van der Waals surface area (Å²) in [5, 5.41) is 7.58. The maximum Gasteiger partial charge on any atom is 0.228 e. The summed E-state index contributed by atoms with van der Waals surface area (Å²) in [5.74, 6) is 1.34. The number of rotatable bonds is 5. The third kappa shape index (κ3) is 3.28. The van der Waals surface area contributed by atoms with Crippen molar-refractivity contribution in [2.24, 2.45) is 0 Å². The van der Waals surface area contributed by atoms with E-state index < -0.39 is 0 Å². The first kappa shape index (κ1) is 16.6. The number of thioether (sulfide) groups is 1. The highest BCUT2D eigenvalue weighted by molar-refractivity contribution is 7.98. The highest BCUT2D eigenvalue weighted by atomic mass is 32.2. The van der Waals surface area contributed by atoms with Crippen molar-refractivity contribution in [1.82, 2.24) is 15.1 Å². The van der Waals surface area contributed by atoms with Crippen LogP contribution in [0.15, 0.2) is 64.0 Å². The van der Waals surface area contributed by atoms with E-state index in [1.165, 1.54) is 10.5 Å². The van der Waals surface area contributed by atoms with Gasteiger partial charge in [-0.2, -0.15) is 0 Å². The van der Waals surface area contributed by atoms with Crippen molar-refractivity contribution in [2.75, 3.05) is 11.6 Å². The molecule has 1 N–H and O–H groups in total. The minimum absolute atomic E-state index is 0.579. The van der Waals surface area contributed by atoms with Crippen LogP contribution < -0.4 is 5.32 Å². The summed E-state index contributed by atoms with van der Waals surface area (Å²) in [7, 11) is 0. The Morgan fingerprint density at radius 2 is 1.77 bits per heavy atom. The number of fused-ring (bicyclic) bond motifs is 1. The molecule has 130 valence electrons. The molecule has 0 aliphatic carbocycles. The maximum absolute atomic E-state index is 5.57. The van der Waals surface area contributed by atoms with E-state index in [9.17, 15) is 0 Å². The first-order valence-electron chi connectivity index (χ1n) is 8.31. The van der Waals surface area contributed by atoms with E-state index in [1.54, 1.807) is 11.8 Å². The average Bonchev–Trinajstić information content (AvgIpc) is 3.11. The van der Waals surface area contributed by atoms with Gasteiger partial charge >= 0.3 is 0 Å². The van der Waals surface area contributed by atoms with E-state index >= 15 is 0 Å². The largest absolute Gasteiger partial charge is 0.363 e. The predicted molar refractivity (Wildman–Crippen MR) is 105 cm³/mol. The van der Waals surface area contributed by atoms with Gasteiger partial charge < -0.3 is 9.84 Å². The van der Waals surface area contributed by atoms with Gasteiger partial charge in [0.2, 0.25) is 5.58 Å². The van der Waals surface area contributed by atoms with E-state index in [4.69, 9.17) is 4.52 Å². The zero-order valence-electron chi connectivity index (χ0n) is 14.6. The Balaban J connectivity index is 1.66. The Morgan fingerprint density at radius 1 is 1.00 bits per heavy atom. The van der Waals surface area contributed by atoms with Gasteiger partial charge in [-0.3, -0.25) is 0 Å². The lowest BCUT2D eigenvalue weighted by molar-refractivity contribution is 0.459. The summed E-state index contributed by atoms with van der Waals surface area (Å²) in [6.45, 7) is 2.53. The number of benzene rings is 2. The second-order valence-corrected chi connectivity index (χ2v) is 6.78. The zero-order chi connectivity index (χ0) is 17.9. The number of nitrogens with zero attached hydrogens (tertiary/aromatic N) is 3. The van der Waals surface area contributed by atoms with Crippen LogP contribution in [-0.4, -0.2) is 21.4 Å². The van der Waals surface area contributed by atoms with Crippen molar-refractivity contribution in [1.29, 1.82) is 0 Å². The van der Waals surface area contributed by atoms with Crippen LogP contribution in [0.4, 0.5) is 5.82 Å². The molecule has 6 heteroatoms. The van der Waals surface area contributed by atoms with E-state index in [0.29, 0.717) is 23.8 Å². The molecule has 5 nitrogen and oxygen atoms in total. The number of hydrogen-bond donors (Lipinski definition) is 1. The number of aromatic nitrogens is 3. The van der Waals surface area contributed by atoms with Crippen LogP contribution in [0.3, 0.4) is 0 Å². The first-order valence-corrected chi connectivity index (χ1v) is 9.53. The molecule has 0 aliphatic heterocycles. The van der Waals surface area contributed by atoms with Crippen LogP contribution in [0.25, 0.3) is 22.4 Å². The lowest BCUT2D eigenvalue weighted by atomic mass is 10.1. The number of aryl methyl sites for hydroxylation is 1. The minimum Gasteiger partial charge on any atom is -0.363 e. The van der Waals surface area contributed by atoms with Gasteiger partial charge in [0.05, 0.1) is 0 Å². The molecule has 2 heterocycles. The molecular weight excluding hydrogens is 344 g/mol. The fourth-order valence-corrected chi connectivity index (χ4v) is 3.19. The molecule has 0 saturated carbocycles. The van der Waals surface area contributed by atoms with Crippen molar-refractivity contribution < 1.29 is 4.52 Å². The SMILES string of the molecule is CSc1ccc(CNc2nc(C)nc3c(-c4ccccc4)noc23)cc1. The Labute approximate surface area is 155 Å². The fourth-order valence-electron chi connectivity index (χ4n) is 2.78. The molecule has 0 saturated heterocycles. The van der Waals surface area contributed by atoms with Crippen molar-refractivity contribution in [2.45, 2.75) is 18.4 Å². The molecule has 0 spiro atoms. The van der Waals surface area contributed by atoms with Crippen LogP contribution in [0, 0.1) is 6.92 Å². The molecule has 0 atom stereocenters. The highest BCUT2D eigenvalue weighted by Crippen LogP contribution is 2.30. The van der Waals surface area contributed by atoms with Crippen LogP contribution in [0.2, 0.25) is 0 Å². The normalized spacial score (nSPS) is 11.0. The molecule has 26 heavy (non-hydrogen) atoms. The molecule has 0 radical (unpaired) electrons. The van der Waals surface area contributed by atoms with Crippen LogP contribution in [0.5, 0.6) is 0 Å². The van der Waals surface area contributed by atoms with E-state index in [1.807, 2.05) is 37.3 Å². The van der Waals surface area contributed by atoms with Gasteiger partial charge in [0, 0.05) is 17.0 Å². The Bertz CT molecular complexity index is 1030. The first-order chi connectivity index (χ1) is 12.7. The van der Waals surface area contributed by atoms with Crippen molar-refractivity contribution >= 4 is 28.7 Å². The molecule has 0 bridgehead atoms. The summed E-state index contributed by atoms with van der Waals surface area (Å²) in [6, 6.07) is 18.4. The molecule has 0 fully saturated rings. The summed E-state index contributed by atoms with van der Waals surface area (Å²) in [4.78, 5) is 10.3. The molecular formula is C20H18N4OS. The summed E-state index contributed by atoms with van der Waals surface area (Å²) in [6.07, 6.45) is 2.07. The smallest absolute Gasteiger partial charge is 0.228 e. The second kappa shape index (κ2) is 7.17. The second-order valence-electron chi connectivity index (χ2n) is 5.90. The monoisotopic (exact) mass is 362 g/mol. The van der Waals surface area contributed by atoms with Gasteiger partial charge in [-0.15, -0.1) is 11.8 Å². The van der Waals surface area contributed by atoms with Crippen molar-refractivity contribution in [3.8, 4) is 11.3 Å². The van der Waals surface area contributed by atoms with E-state index in [0.717, 1.165) is 16.8 Å². The minimum atomic E-state index is 0.579. The quantitative estimate of drug-likeness (QED) is 0.508. The van der Waals surface area contributed by atoms with Gasteiger partial charge in [-0.05, 0) is 30.9 Å². The number of nitrogens with one attached hydrogen (secondary N) is 1. The summed E-state index contributed by atoms with van der Waals surface area (Å²) >= 11 is 1.73. The van der Waals surface area contributed by atoms with Gasteiger partial charge in [0.25, 0.3) is 0 Å². The molecule has 2 aromatic heterocycles. The van der Waals surface area contributed by atoms with Crippen LogP contribution >= 0.6 is 11.8 Å². The molecule has 0 aliphatic rings. The third-order valence-electron chi connectivity index (χ3n) is 4.10. The summed E-state index contributed by atoms with van der Waals surface area (Å²) < 4.78 is 5.57. The standard InChI is InChI=1S/C20H18N4OS/c1-13-22-18-17(15-6-4-3-5-7-15)24-25-19(18)20(23-13)21-12-14-8-10-16(26-2)11-9-14/h3-11H,12H2,1-2H3,(H,21,22,23). The number of anilines is 1. The van der Waals surface area contributed by atoms with Gasteiger partial charge in [-0.25, -0.2) is 9.97 Å². The molecule has 0 unspecified atom stereocenters. The Hall–Kier alpha value is -2.86. The van der Waals surface area contributed by atoms with Crippen LogP contribution in [0.1, 0.15) is 11.4 Å². The van der Waals surface area contributed by atoms with Crippen LogP contribution in [-0.2, 0) is 6.54 Å². The highest BCUT2D eigenvalue weighted by Gasteiger charge is 2.17. The van der Waals surface area contributed by atoms with E-state index in [-0.39, 0.29) is 0 Å². The fraction of sp³-hybridized carbons (Fsp3) is 0.150. The van der Waals surface area contributed by atoms with Gasteiger partial charge in [0.1, 0.15) is 17.0 Å². The molecule has 4 aromatic rings. The number of hydrogen-bond acceptors (Lipinski definition) is 6. The molecule has 2 aromatic carbocycles. The lowest BCUT2D eigenvalue weighted by Gasteiger charge is -2.07. The van der Waals surface area contributed by atoms with Crippen molar-refractivity contribution in [3.63, 3.8) is 0 Å². The molecule has 0 amide bonds.